The zero-order valence-corrected chi connectivity index (χ0v) is 17.8. The summed E-state index contributed by atoms with van der Waals surface area (Å²) in [4.78, 5) is 29.1. The average Bonchev–Trinajstić information content (AvgIpc) is 2.89. The zero-order chi connectivity index (χ0) is 22.6. The second-order valence-corrected chi connectivity index (χ2v) is 7.98. The first-order valence-electron chi connectivity index (χ1n) is 10.3. The molecule has 0 aromatic heterocycles. The Kier molecular flexibility index (Phi) is 6.62. The molecule has 2 aromatic rings. The second kappa shape index (κ2) is 9.19. The summed E-state index contributed by atoms with van der Waals surface area (Å²) in [7, 11) is 0. The fourth-order valence-corrected chi connectivity index (χ4v) is 4.63. The maximum Gasteiger partial charge on any atom is 0.235 e. The van der Waals surface area contributed by atoms with Crippen LogP contribution in [0.5, 0.6) is 0 Å². The van der Waals surface area contributed by atoms with Crippen LogP contribution in [0.2, 0.25) is 0 Å². The van der Waals surface area contributed by atoms with Crippen LogP contribution in [-0.4, -0.2) is 24.5 Å². The third-order valence-corrected chi connectivity index (χ3v) is 6.28. The van der Waals surface area contributed by atoms with E-state index in [1.807, 2.05) is 50.2 Å². The molecule has 1 aliphatic rings. The van der Waals surface area contributed by atoms with E-state index in [9.17, 15) is 9.59 Å². The minimum absolute atomic E-state index is 0.0424. The van der Waals surface area contributed by atoms with E-state index in [0.717, 1.165) is 46.2 Å². The molecule has 5 N–H and O–H groups in total. The minimum Gasteiger partial charge on any atom is -0.387 e. The summed E-state index contributed by atoms with van der Waals surface area (Å²) in [5.41, 5.74) is 17.3. The fraction of sp³-hybridized carbons (Fsp3) is 0.375. The van der Waals surface area contributed by atoms with E-state index in [0.29, 0.717) is 13.0 Å². The molecule has 7 heteroatoms. The quantitative estimate of drug-likeness (QED) is 0.362. The summed E-state index contributed by atoms with van der Waals surface area (Å²) in [6.07, 6.45) is 5.21. The van der Waals surface area contributed by atoms with Crippen LogP contribution in [0, 0.1) is 5.41 Å². The Balaban J connectivity index is 2.25. The monoisotopic (exact) mass is 417 g/mol. The number of fused-ring (bicyclic) bond motifs is 2. The number of isocyanates is 2. The van der Waals surface area contributed by atoms with Crippen molar-refractivity contribution >= 4 is 18.0 Å². The van der Waals surface area contributed by atoms with Gasteiger partial charge in [0.1, 0.15) is 5.84 Å². The predicted molar refractivity (Wildman–Crippen MR) is 120 cm³/mol. The molecule has 2 unspecified atom stereocenters. The van der Waals surface area contributed by atoms with Gasteiger partial charge in [0.05, 0.1) is 17.5 Å². The minimum atomic E-state index is -0.846. The van der Waals surface area contributed by atoms with Gasteiger partial charge in [-0.1, -0.05) is 36.4 Å². The first kappa shape index (κ1) is 22.3. The molecule has 0 amide bonds. The number of aliphatic imine (C=N–C) groups is 2. The van der Waals surface area contributed by atoms with Crippen molar-refractivity contribution in [1.82, 2.24) is 0 Å². The number of aryl methyl sites for hydroxylation is 2. The van der Waals surface area contributed by atoms with Crippen molar-refractivity contribution in [2.75, 3.05) is 6.54 Å². The van der Waals surface area contributed by atoms with Gasteiger partial charge in [-0.3, -0.25) is 5.41 Å². The molecular weight excluding hydrogens is 390 g/mol. The van der Waals surface area contributed by atoms with Gasteiger partial charge in [0.25, 0.3) is 0 Å². The Bertz CT molecular complexity index is 1020. The number of hydrogen-bond acceptors (Lipinski definition) is 6. The number of nitrogens with one attached hydrogen (secondary N) is 1. The third-order valence-electron chi connectivity index (χ3n) is 6.28. The van der Waals surface area contributed by atoms with Gasteiger partial charge < -0.3 is 11.5 Å². The van der Waals surface area contributed by atoms with Crippen LogP contribution in [0.15, 0.2) is 46.4 Å². The van der Waals surface area contributed by atoms with E-state index < -0.39 is 5.41 Å². The van der Waals surface area contributed by atoms with E-state index in [2.05, 4.69) is 9.98 Å². The van der Waals surface area contributed by atoms with Crippen molar-refractivity contribution in [1.29, 1.82) is 5.41 Å². The highest BCUT2D eigenvalue weighted by Crippen LogP contribution is 2.43. The Morgan fingerprint density at radius 1 is 1.00 bits per heavy atom. The summed E-state index contributed by atoms with van der Waals surface area (Å²) in [6, 6.07) is 11.3. The molecule has 2 aromatic carbocycles. The Hall–Kier alpha value is -3.37. The van der Waals surface area contributed by atoms with Gasteiger partial charge >= 0.3 is 0 Å². The predicted octanol–water partition coefficient (Wildman–Crippen LogP) is 3.15. The standard InChI is InChI=1S/C24H27N5O2/c1-15(28-13-30)17-5-7-21-19(11-17)3-4-20-12-18(16(2)29-14-31)6-8-22(20)24(21,9-10-25)23(26)27/h5-8,11-12,15-16H,3-4,9-10,25H2,1-2H3,(H3,26,27). The highest BCUT2D eigenvalue weighted by atomic mass is 16.1. The Morgan fingerprint density at radius 2 is 1.45 bits per heavy atom. The molecule has 31 heavy (non-hydrogen) atoms. The molecule has 0 heterocycles. The molecule has 7 nitrogen and oxygen atoms in total. The van der Waals surface area contributed by atoms with Crippen molar-refractivity contribution < 1.29 is 9.59 Å². The van der Waals surface area contributed by atoms with Gasteiger partial charge in [-0.2, -0.15) is 9.98 Å². The van der Waals surface area contributed by atoms with Gasteiger partial charge in [0.2, 0.25) is 12.2 Å². The van der Waals surface area contributed by atoms with Gasteiger partial charge in [-0.05, 0) is 73.0 Å². The lowest BCUT2D eigenvalue weighted by Gasteiger charge is -2.35. The number of hydrogen-bond donors (Lipinski definition) is 3. The molecular formula is C24H27N5O2. The summed E-state index contributed by atoms with van der Waals surface area (Å²) in [5.74, 6) is 0.0424. The largest absolute Gasteiger partial charge is 0.387 e. The molecule has 0 fully saturated rings. The van der Waals surface area contributed by atoms with Gasteiger partial charge in [0, 0.05) is 0 Å². The van der Waals surface area contributed by atoms with Crippen LogP contribution in [0.1, 0.15) is 65.7 Å². The van der Waals surface area contributed by atoms with E-state index in [4.69, 9.17) is 16.9 Å². The lowest BCUT2D eigenvalue weighted by Crippen LogP contribution is -2.44. The van der Waals surface area contributed by atoms with E-state index >= 15 is 0 Å². The number of carbonyl (C=O) groups excluding carboxylic acids is 2. The SMILES string of the molecule is CC(N=C=O)c1ccc2c(c1)CCc1cc(C(C)N=C=O)ccc1C2(CCN)C(=N)N. The molecule has 0 bridgehead atoms. The molecule has 0 saturated heterocycles. The van der Waals surface area contributed by atoms with Crippen molar-refractivity contribution in [2.45, 2.75) is 50.6 Å². The first-order valence-corrected chi connectivity index (χ1v) is 10.3. The molecule has 0 saturated carbocycles. The van der Waals surface area contributed by atoms with Gasteiger partial charge in [-0.15, -0.1) is 0 Å². The zero-order valence-electron chi connectivity index (χ0n) is 17.8. The van der Waals surface area contributed by atoms with Crippen LogP contribution in [-0.2, 0) is 27.8 Å². The molecule has 0 aliphatic heterocycles. The molecule has 2 atom stereocenters. The van der Waals surface area contributed by atoms with Crippen LogP contribution < -0.4 is 11.5 Å². The molecule has 0 spiro atoms. The van der Waals surface area contributed by atoms with E-state index in [1.165, 1.54) is 0 Å². The number of rotatable bonds is 7. The molecule has 1 aliphatic carbocycles. The summed E-state index contributed by atoms with van der Waals surface area (Å²) in [5, 5.41) is 8.59. The molecule has 160 valence electrons. The van der Waals surface area contributed by atoms with Crippen LogP contribution in [0.3, 0.4) is 0 Å². The Morgan fingerprint density at radius 3 is 1.81 bits per heavy atom. The summed E-state index contributed by atoms with van der Waals surface area (Å²) < 4.78 is 0. The first-order chi connectivity index (χ1) is 14.9. The smallest absolute Gasteiger partial charge is 0.235 e. The van der Waals surface area contributed by atoms with Crippen molar-refractivity contribution in [2.24, 2.45) is 21.5 Å². The molecule has 3 rings (SSSR count). The number of nitrogens with two attached hydrogens (primary N) is 2. The van der Waals surface area contributed by atoms with Crippen molar-refractivity contribution in [3.63, 3.8) is 0 Å². The number of benzene rings is 2. The lowest BCUT2D eigenvalue weighted by atomic mass is 9.68. The van der Waals surface area contributed by atoms with E-state index in [-0.39, 0.29) is 17.9 Å². The lowest BCUT2D eigenvalue weighted by molar-refractivity contribution is 0.558. The van der Waals surface area contributed by atoms with Gasteiger partial charge in [0.15, 0.2) is 0 Å². The van der Waals surface area contributed by atoms with Crippen LogP contribution in [0.25, 0.3) is 0 Å². The van der Waals surface area contributed by atoms with Crippen molar-refractivity contribution in [3.8, 4) is 0 Å². The fourth-order valence-electron chi connectivity index (χ4n) is 4.63. The maximum absolute atomic E-state index is 10.7. The maximum atomic E-state index is 10.7. The summed E-state index contributed by atoms with van der Waals surface area (Å²) in [6.45, 7) is 4.05. The summed E-state index contributed by atoms with van der Waals surface area (Å²) >= 11 is 0. The highest BCUT2D eigenvalue weighted by Gasteiger charge is 2.42. The van der Waals surface area contributed by atoms with Crippen molar-refractivity contribution in [3.05, 3.63) is 69.8 Å². The highest BCUT2D eigenvalue weighted by molar-refractivity contribution is 5.94. The van der Waals surface area contributed by atoms with E-state index in [1.54, 1.807) is 12.2 Å². The average molecular weight is 418 g/mol. The van der Waals surface area contributed by atoms with Crippen LogP contribution >= 0.6 is 0 Å². The Labute approximate surface area is 181 Å². The normalized spacial score (nSPS) is 18.9. The topological polar surface area (TPSA) is 135 Å². The number of nitrogens with zero attached hydrogens (tertiary/aromatic N) is 2. The number of amidine groups is 1. The third kappa shape index (κ3) is 3.99. The van der Waals surface area contributed by atoms with Gasteiger partial charge in [-0.25, -0.2) is 9.59 Å². The van der Waals surface area contributed by atoms with Crippen LogP contribution in [0.4, 0.5) is 0 Å². The molecule has 0 radical (unpaired) electrons. The second-order valence-electron chi connectivity index (χ2n) is 7.98.